The number of carbonyl (C=O) groups is 3. The van der Waals surface area contributed by atoms with Crippen molar-refractivity contribution in [3.8, 4) is 6.07 Å². The van der Waals surface area contributed by atoms with E-state index in [4.69, 9.17) is 4.74 Å². The van der Waals surface area contributed by atoms with Gasteiger partial charge < -0.3 is 19.7 Å². The number of piperidine rings is 1. The highest BCUT2D eigenvalue weighted by Crippen LogP contribution is 2.21. The molecule has 0 radical (unpaired) electrons. The first kappa shape index (κ1) is 21.0. The van der Waals surface area contributed by atoms with E-state index >= 15 is 0 Å². The molecule has 8 heteroatoms. The predicted molar refractivity (Wildman–Crippen MR) is 101 cm³/mol. The maximum Gasteiger partial charge on any atom is 0.339 e. The lowest BCUT2D eigenvalue weighted by atomic mass is 9.99. The zero-order chi connectivity index (χ0) is 20.7. The van der Waals surface area contributed by atoms with Crippen molar-refractivity contribution in [1.29, 1.82) is 5.26 Å². The minimum Gasteiger partial charge on any atom is -0.465 e. The van der Waals surface area contributed by atoms with Crippen molar-refractivity contribution < 1.29 is 23.9 Å². The number of likely N-dealkylation sites (tertiary alicyclic amines) is 1. The summed E-state index contributed by atoms with van der Waals surface area (Å²) in [7, 11) is 2.48. The SMILES string of the molecule is COC(=O)c1ccc(C(=O)OC)c(N/C=C(/C#N)C(=O)N2CCC(C)CC2)c1. The van der Waals surface area contributed by atoms with E-state index in [1.807, 2.05) is 6.07 Å². The number of carbonyl (C=O) groups excluding carboxylic acids is 3. The fraction of sp³-hybridized carbons (Fsp3) is 0.400. The molecule has 0 aromatic heterocycles. The summed E-state index contributed by atoms with van der Waals surface area (Å²) in [5.41, 5.74) is 0.500. The number of nitriles is 1. The van der Waals surface area contributed by atoms with Gasteiger partial charge in [-0.05, 0) is 37.0 Å². The molecular formula is C20H23N3O5. The first-order valence-electron chi connectivity index (χ1n) is 8.88. The monoisotopic (exact) mass is 385 g/mol. The minimum atomic E-state index is -0.623. The molecule has 1 heterocycles. The summed E-state index contributed by atoms with van der Waals surface area (Å²) >= 11 is 0. The molecule has 0 saturated carbocycles. The zero-order valence-electron chi connectivity index (χ0n) is 16.2. The van der Waals surface area contributed by atoms with Crippen molar-refractivity contribution in [2.24, 2.45) is 5.92 Å². The van der Waals surface area contributed by atoms with Crippen LogP contribution in [0.1, 0.15) is 40.5 Å². The highest BCUT2D eigenvalue weighted by molar-refractivity contribution is 6.00. The molecule has 8 nitrogen and oxygen atoms in total. The number of hydrogen-bond acceptors (Lipinski definition) is 7. The number of ether oxygens (including phenoxy) is 2. The molecule has 0 atom stereocenters. The standard InChI is InChI=1S/C20H23N3O5/c1-13-6-8-23(9-7-13)18(24)15(11-21)12-22-17-10-14(19(25)27-2)4-5-16(17)20(26)28-3/h4-5,10,12-13,22H,6-9H2,1-3H3/b15-12-. The summed E-state index contributed by atoms with van der Waals surface area (Å²) in [6.07, 6.45) is 3.03. The van der Waals surface area contributed by atoms with Crippen molar-refractivity contribution in [3.63, 3.8) is 0 Å². The van der Waals surface area contributed by atoms with Crippen LogP contribution in [-0.4, -0.2) is 50.1 Å². The maximum atomic E-state index is 12.6. The van der Waals surface area contributed by atoms with Crippen molar-refractivity contribution in [2.45, 2.75) is 19.8 Å². The van der Waals surface area contributed by atoms with Crippen LogP contribution in [0.5, 0.6) is 0 Å². The van der Waals surface area contributed by atoms with Crippen LogP contribution in [0, 0.1) is 17.2 Å². The Hall–Kier alpha value is -3.34. The quantitative estimate of drug-likeness (QED) is 0.471. The lowest BCUT2D eigenvalue weighted by molar-refractivity contribution is -0.128. The average Bonchev–Trinajstić information content (AvgIpc) is 2.73. The van der Waals surface area contributed by atoms with E-state index in [1.54, 1.807) is 4.90 Å². The number of benzene rings is 1. The Bertz CT molecular complexity index is 833. The normalized spacial score (nSPS) is 14.8. The van der Waals surface area contributed by atoms with Gasteiger partial charge in [-0.15, -0.1) is 0 Å². The van der Waals surface area contributed by atoms with E-state index in [1.165, 1.54) is 38.6 Å². The van der Waals surface area contributed by atoms with Gasteiger partial charge in [-0.2, -0.15) is 5.26 Å². The number of hydrogen-bond donors (Lipinski definition) is 1. The Balaban J connectivity index is 2.28. The largest absolute Gasteiger partial charge is 0.465 e. The van der Waals surface area contributed by atoms with Crippen LogP contribution in [0.25, 0.3) is 0 Å². The molecule has 1 amide bonds. The Morgan fingerprint density at radius 3 is 2.39 bits per heavy atom. The highest BCUT2D eigenvalue weighted by Gasteiger charge is 2.23. The molecule has 1 fully saturated rings. The van der Waals surface area contributed by atoms with Crippen molar-refractivity contribution in [2.75, 3.05) is 32.6 Å². The fourth-order valence-electron chi connectivity index (χ4n) is 2.87. The second-order valence-electron chi connectivity index (χ2n) is 6.53. The highest BCUT2D eigenvalue weighted by atomic mass is 16.5. The van der Waals surface area contributed by atoms with Gasteiger partial charge in [0.25, 0.3) is 5.91 Å². The van der Waals surface area contributed by atoms with Gasteiger partial charge in [-0.3, -0.25) is 4.79 Å². The molecule has 0 unspecified atom stereocenters. The number of nitrogens with one attached hydrogen (secondary N) is 1. The van der Waals surface area contributed by atoms with Crippen LogP contribution in [-0.2, 0) is 14.3 Å². The van der Waals surface area contributed by atoms with Gasteiger partial charge in [0, 0.05) is 19.3 Å². The first-order chi connectivity index (χ1) is 13.4. The third kappa shape index (κ3) is 4.88. The molecular weight excluding hydrogens is 362 g/mol. The van der Waals surface area contributed by atoms with Crippen LogP contribution in [0.15, 0.2) is 30.0 Å². The lowest BCUT2D eigenvalue weighted by Crippen LogP contribution is -2.38. The van der Waals surface area contributed by atoms with Gasteiger partial charge in [-0.25, -0.2) is 9.59 Å². The van der Waals surface area contributed by atoms with E-state index in [-0.39, 0.29) is 28.3 Å². The molecule has 28 heavy (non-hydrogen) atoms. The molecule has 1 aromatic rings. The molecule has 0 aliphatic carbocycles. The Kier molecular flexibility index (Phi) is 7.15. The summed E-state index contributed by atoms with van der Waals surface area (Å²) in [6, 6.07) is 6.13. The summed E-state index contributed by atoms with van der Waals surface area (Å²) < 4.78 is 9.41. The van der Waals surface area contributed by atoms with Gasteiger partial charge in [0.1, 0.15) is 11.6 Å². The molecule has 148 valence electrons. The summed E-state index contributed by atoms with van der Waals surface area (Å²) in [6.45, 7) is 3.33. The fourth-order valence-corrected chi connectivity index (χ4v) is 2.87. The van der Waals surface area contributed by atoms with Crippen LogP contribution >= 0.6 is 0 Å². The van der Waals surface area contributed by atoms with Crippen molar-refractivity contribution >= 4 is 23.5 Å². The number of rotatable bonds is 5. The molecule has 1 aliphatic heterocycles. The van der Waals surface area contributed by atoms with Crippen LogP contribution in [0.3, 0.4) is 0 Å². The van der Waals surface area contributed by atoms with Crippen LogP contribution in [0.4, 0.5) is 5.69 Å². The molecule has 2 rings (SSSR count). The van der Waals surface area contributed by atoms with Crippen molar-refractivity contribution in [1.82, 2.24) is 4.90 Å². The number of nitrogens with zero attached hydrogens (tertiary/aromatic N) is 2. The smallest absolute Gasteiger partial charge is 0.339 e. The van der Waals surface area contributed by atoms with Gasteiger partial charge in [0.2, 0.25) is 0 Å². The molecule has 0 bridgehead atoms. The summed E-state index contributed by atoms with van der Waals surface area (Å²) in [5, 5.41) is 12.2. The van der Waals surface area contributed by atoms with Crippen LogP contribution in [0.2, 0.25) is 0 Å². The molecule has 1 aliphatic rings. The average molecular weight is 385 g/mol. The molecule has 0 spiro atoms. The third-order valence-electron chi connectivity index (χ3n) is 4.64. The van der Waals surface area contributed by atoms with E-state index in [2.05, 4.69) is 17.0 Å². The van der Waals surface area contributed by atoms with Crippen LogP contribution < -0.4 is 5.32 Å². The number of methoxy groups -OCH3 is 2. The minimum absolute atomic E-state index is 0.0890. The van der Waals surface area contributed by atoms with E-state index in [9.17, 15) is 19.6 Å². The predicted octanol–water partition coefficient (Wildman–Crippen LogP) is 2.34. The van der Waals surface area contributed by atoms with Gasteiger partial charge in [0.15, 0.2) is 0 Å². The Morgan fingerprint density at radius 1 is 1.18 bits per heavy atom. The van der Waals surface area contributed by atoms with E-state index in [0.29, 0.717) is 19.0 Å². The van der Waals surface area contributed by atoms with Crippen molar-refractivity contribution in [3.05, 3.63) is 41.1 Å². The maximum absolute atomic E-state index is 12.6. The number of amides is 1. The molecule has 1 saturated heterocycles. The van der Waals surface area contributed by atoms with Gasteiger partial charge in [-0.1, -0.05) is 6.92 Å². The third-order valence-corrected chi connectivity index (χ3v) is 4.64. The second-order valence-corrected chi connectivity index (χ2v) is 6.53. The number of anilines is 1. The number of esters is 2. The molecule has 1 N–H and O–H groups in total. The van der Waals surface area contributed by atoms with Gasteiger partial charge in [0.05, 0.1) is 31.0 Å². The van der Waals surface area contributed by atoms with E-state index < -0.39 is 11.9 Å². The van der Waals surface area contributed by atoms with E-state index in [0.717, 1.165) is 12.8 Å². The second kappa shape index (κ2) is 9.55. The molecule has 1 aromatic carbocycles. The first-order valence-corrected chi connectivity index (χ1v) is 8.88. The van der Waals surface area contributed by atoms with Gasteiger partial charge >= 0.3 is 11.9 Å². The summed E-state index contributed by atoms with van der Waals surface area (Å²) in [4.78, 5) is 38.0. The Morgan fingerprint density at radius 2 is 1.82 bits per heavy atom. The zero-order valence-corrected chi connectivity index (χ0v) is 16.2. The Labute approximate surface area is 163 Å². The summed E-state index contributed by atoms with van der Waals surface area (Å²) in [5.74, 6) is -1.02. The lowest BCUT2D eigenvalue weighted by Gasteiger charge is -2.30. The topological polar surface area (TPSA) is 109 Å².